The number of ether oxygens (including phenoxy) is 2. The van der Waals surface area contributed by atoms with Gasteiger partial charge >= 0.3 is 6.03 Å². The molecule has 4 aromatic rings. The molecule has 0 N–H and O–H groups in total. The van der Waals surface area contributed by atoms with Crippen molar-refractivity contribution in [3.63, 3.8) is 0 Å². The molecule has 0 unspecified atom stereocenters. The SMILES string of the molecule is COc1cc(C=C2C(=O)N(c3ccccc3)C(=O)N(c3ccccc3)C2=O)cc(Cl)c1OCc1ccc(C)c(C)c1. The maximum absolute atomic E-state index is 13.6. The van der Waals surface area contributed by atoms with Gasteiger partial charge in [-0.1, -0.05) is 66.2 Å². The molecule has 0 aromatic heterocycles. The summed E-state index contributed by atoms with van der Waals surface area (Å²) in [6.45, 7) is 4.35. The van der Waals surface area contributed by atoms with Crippen LogP contribution in [-0.4, -0.2) is 25.0 Å². The van der Waals surface area contributed by atoms with Crippen molar-refractivity contribution >= 4 is 46.9 Å². The standard InChI is InChI=1S/C33H27ClN2O5/c1-21-14-15-23(16-22(21)2)20-41-30-28(34)18-24(19-29(30)40-3)17-27-31(37)35(25-10-6-4-7-11-25)33(39)36(32(27)38)26-12-8-5-9-13-26/h4-19H,20H2,1-3H3. The second-order valence-electron chi connectivity index (χ2n) is 9.53. The predicted molar refractivity (Wildman–Crippen MR) is 159 cm³/mol. The first-order valence-corrected chi connectivity index (χ1v) is 13.3. The van der Waals surface area contributed by atoms with E-state index in [4.69, 9.17) is 21.1 Å². The fourth-order valence-corrected chi connectivity index (χ4v) is 4.79. The highest BCUT2D eigenvalue weighted by molar-refractivity contribution is 6.46. The second-order valence-corrected chi connectivity index (χ2v) is 9.94. The van der Waals surface area contributed by atoms with Gasteiger partial charge in [-0.3, -0.25) is 9.59 Å². The van der Waals surface area contributed by atoms with Gasteiger partial charge in [0.05, 0.1) is 23.5 Å². The number of aryl methyl sites for hydroxylation is 2. The van der Waals surface area contributed by atoms with Crippen LogP contribution in [-0.2, 0) is 16.2 Å². The van der Waals surface area contributed by atoms with Crippen molar-refractivity contribution in [2.75, 3.05) is 16.9 Å². The maximum atomic E-state index is 13.6. The number of urea groups is 1. The maximum Gasteiger partial charge on any atom is 0.343 e. The van der Waals surface area contributed by atoms with E-state index in [0.717, 1.165) is 20.9 Å². The van der Waals surface area contributed by atoms with Crippen LogP contribution >= 0.6 is 11.6 Å². The van der Waals surface area contributed by atoms with Gasteiger partial charge in [-0.2, -0.15) is 0 Å². The molecule has 8 heteroatoms. The predicted octanol–water partition coefficient (Wildman–Crippen LogP) is 7.13. The number of hydrogen-bond acceptors (Lipinski definition) is 5. The van der Waals surface area contributed by atoms with E-state index in [1.54, 1.807) is 72.8 Å². The monoisotopic (exact) mass is 566 g/mol. The molecular formula is C33H27ClN2O5. The third kappa shape index (κ3) is 5.58. The molecule has 0 bridgehead atoms. The number of para-hydroxylation sites is 2. The molecule has 7 nitrogen and oxygen atoms in total. The fraction of sp³-hybridized carbons (Fsp3) is 0.121. The molecule has 1 saturated heterocycles. The summed E-state index contributed by atoms with van der Waals surface area (Å²) < 4.78 is 11.6. The Labute approximate surface area is 243 Å². The zero-order chi connectivity index (χ0) is 29.1. The first-order chi connectivity index (χ1) is 19.8. The minimum Gasteiger partial charge on any atom is -0.493 e. The van der Waals surface area contributed by atoms with Crippen LogP contribution in [0.2, 0.25) is 5.02 Å². The molecule has 1 aliphatic rings. The van der Waals surface area contributed by atoms with Gasteiger partial charge in [-0.25, -0.2) is 14.6 Å². The van der Waals surface area contributed by atoms with Gasteiger partial charge < -0.3 is 9.47 Å². The van der Waals surface area contributed by atoms with Gasteiger partial charge in [0.2, 0.25) is 0 Å². The number of methoxy groups -OCH3 is 1. The Morgan fingerprint density at radius 1 is 0.756 bits per heavy atom. The number of carbonyl (C=O) groups excluding carboxylic acids is 3. The Hall–Kier alpha value is -4.88. The third-order valence-corrected chi connectivity index (χ3v) is 7.08. The van der Waals surface area contributed by atoms with Gasteiger partial charge in [0.25, 0.3) is 11.8 Å². The van der Waals surface area contributed by atoms with Crippen LogP contribution in [0.3, 0.4) is 0 Å². The van der Waals surface area contributed by atoms with Gasteiger partial charge in [0.1, 0.15) is 12.2 Å². The molecule has 0 spiro atoms. The summed E-state index contributed by atoms with van der Waals surface area (Å²) in [4.78, 5) is 42.8. The normalized spacial score (nSPS) is 13.5. The zero-order valence-corrected chi connectivity index (χ0v) is 23.5. The fourth-order valence-electron chi connectivity index (χ4n) is 4.52. The lowest BCUT2D eigenvalue weighted by molar-refractivity contribution is -0.121. The Morgan fingerprint density at radius 2 is 1.34 bits per heavy atom. The van der Waals surface area contributed by atoms with Crippen LogP contribution in [0.25, 0.3) is 6.08 Å². The molecule has 1 heterocycles. The van der Waals surface area contributed by atoms with E-state index in [1.807, 2.05) is 32.0 Å². The molecule has 1 aliphatic heterocycles. The van der Waals surface area contributed by atoms with Crippen molar-refractivity contribution in [1.29, 1.82) is 0 Å². The first-order valence-electron chi connectivity index (χ1n) is 12.9. The summed E-state index contributed by atoms with van der Waals surface area (Å²) in [6, 6.07) is 25.4. The number of benzene rings is 4. The van der Waals surface area contributed by atoms with Gasteiger partial charge in [-0.15, -0.1) is 0 Å². The van der Waals surface area contributed by atoms with Gasteiger partial charge in [-0.05, 0) is 78.6 Å². The summed E-state index contributed by atoms with van der Waals surface area (Å²) in [6.07, 6.45) is 1.41. The molecule has 0 saturated carbocycles. The number of halogens is 1. The molecule has 206 valence electrons. The van der Waals surface area contributed by atoms with E-state index in [9.17, 15) is 14.4 Å². The Balaban J connectivity index is 1.53. The number of amides is 4. The molecule has 5 rings (SSSR count). The lowest BCUT2D eigenvalue weighted by atomic mass is 10.0. The van der Waals surface area contributed by atoms with Crippen LogP contribution < -0.4 is 19.3 Å². The Morgan fingerprint density at radius 3 is 1.88 bits per heavy atom. The summed E-state index contributed by atoms with van der Waals surface area (Å²) >= 11 is 6.62. The Bertz CT molecular complexity index is 1600. The molecule has 4 amide bonds. The van der Waals surface area contributed by atoms with E-state index in [0.29, 0.717) is 28.4 Å². The zero-order valence-electron chi connectivity index (χ0n) is 22.8. The highest BCUT2D eigenvalue weighted by atomic mass is 35.5. The number of hydrogen-bond donors (Lipinski definition) is 0. The Kier molecular flexibility index (Phi) is 7.90. The summed E-state index contributed by atoms with van der Waals surface area (Å²) in [5.74, 6) is -0.824. The van der Waals surface area contributed by atoms with Crippen LogP contribution in [0.5, 0.6) is 11.5 Å². The number of imide groups is 2. The first kappa shape index (κ1) is 27.7. The highest BCUT2D eigenvalue weighted by Gasteiger charge is 2.43. The van der Waals surface area contributed by atoms with Gasteiger partial charge in [0.15, 0.2) is 11.5 Å². The number of nitrogens with zero attached hydrogens (tertiary/aromatic N) is 2. The molecule has 41 heavy (non-hydrogen) atoms. The lowest BCUT2D eigenvalue weighted by Gasteiger charge is -2.34. The number of rotatable bonds is 7. The summed E-state index contributed by atoms with van der Waals surface area (Å²) in [7, 11) is 1.48. The average Bonchev–Trinajstić information content (AvgIpc) is 2.97. The third-order valence-electron chi connectivity index (χ3n) is 6.80. The van der Waals surface area contributed by atoms with Crippen LogP contribution in [0.15, 0.2) is 96.6 Å². The number of anilines is 2. The smallest absolute Gasteiger partial charge is 0.343 e. The van der Waals surface area contributed by atoms with Crippen molar-refractivity contribution in [2.45, 2.75) is 20.5 Å². The van der Waals surface area contributed by atoms with E-state index >= 15 is 0 Å². The summed E-state index contributed by atoms with van der Waals surface area (Å²) in [5.41, 5.74) is 4.21. The molecule has 0 radical (unpaired) electrons. The van der Waals surface area contributed by atoms with E-state index < -0.39 is 17.8 Å². The van der Waals surface area contributed by atoms with Gasteiger partial charge in [0, 0.05) is 0 Å². The number of barbiturate groups is 1. The van der Waals surface area contributed by atoms with Crippen molar-refractivity contribution in [2.24, 2.45) is 0 Å². The lowest BCUT2D eigenvalue weighted by Crippen LogP contribution is -2.57. The quantitative estimate of drug-likeness (QED) is 0.176. The van der Waals surface area contributed by atoms with E-state index in [1.165, 1.54) is 18.7 Å². The molecule has 1 fully saturated rings. The second kappa shape index (κ2) is 11.7. The molecule has 4 aromatic carbocycles. The van der Waals surface area contributed by atoms with Crippen molar-refractivity contribution in [3.05, 3.63) is 124 Å². The largest absolute Gasteiger partial charge is 0.493 e. The van der Waals surface area contributed by atoms with Crippen LogP contribution in [0.4, 0.5) is 16.2 Å². The highest BCUT2D eigenvalue weighted by Crippen LogP contribution is 2.38. The molecule has 0 atom stereocenters. The van der Waals surface area contributed by atoms with E-state index in [-0.39, 0.29) is 17.2 Å². The summed E-state index contributed by atoms with van der Waals surface area (Å²) in [5, 5.41) is 0.242. The van der Waals surface area contributed by atoms with Crippen molar-refractivity contribution in [3.8, 4) is 11.5 Å². The van der Waals surface area contributed by atoms with Crippen molar-refractivity contribution < 1.29 is 23.9 Å². The topological polar surface area (TPSA) is 76.2 Å². The minimum atomic E-state index is -0.764. The molecular weight excluding hydrogens is 540 g/mol. The van der Waals surface area contributed by atoms with Crippen LogP contribution in [0, 0.1) is 13.8 Å². The number of carbonyl (C=O) groups is 3. The van der Waals surface area contributed by atoms with Crippen molar-refractivity contribution in [1.82, 2.24) is 0 Å². The molecule has 0 aliphatic carbocycles. The van der Waals surface area contributed by atoms with Crippen LogP contribution in [0.1, 0.15) is 22.3 Å². The average molecular weight is 567 g/mol. The minimum absolute atomic E-state index is 0.209. The van der Waals surface area contributed by atoms with E-state index in [2.05, 4.69) is 0 Å².